The first kappa shape index (κ1) is 20.6. The third kappa shape index (κ3) is 4.71. The minimum atomic E-state index is 0.262. The van der Waals surface area contributed by atoms with Gasteiger partial charge in [-0.1, -0.05) is 12.1 Å². The fourth-order valence-electron chi connectivity index (χ4n) is 3.08. The Bertz CT molecular complexity index is 1290. The summed E-state index contributed by atoms with van der Waals surface area (Å²) in [5.74, 6) is 2.11. The normalized spacial score (nSPS) is 11.0. The van der Waals surface area contributed by atoms with E-state index in [2.05, 4.69) is 30.6 Å². The van der Waals surface area contributed by atoms with E-state index in [0.717, 1.165) is 22.5 Å². The molecule has 9 heteroatoms. The number of nitrogens with zero attached hydrogens (tertiary/aromatic N) is 5. The van der Waals surface area contributed by atoms with Gasteiger partial charge in [0.25, 0.3) is 0 Å². The van der Waals surface area contributed by atoms with Crippen molar-refractivity contribution in [2.45, 2.75) is 6.92 Å². The molecular formula is C23H19N7O2. The summed E-state index contributed by atoms with van der Waals surface area (Å²) in [6, 6.07) is 14.9. The molecule has 4 rings (SSSR count). The summed E-state index contributed by atoms with van der Waals surface area (Å²) in [5, 5.41) is 14.9. The van der Waals surface area contributed by atoms with Crippen LogP contribution in [0.5, 0.6) is 5.75 Å². The maximum atomic E-state index is 9.18. The lowest BCUT2D eigenvalue weighted by molar-refractivity contribution is 0.415. The molecule has 0 saturated heterocycles. The summed E-state index contributed by atoms with van der Waals surface area (Å²) in [4.78, 5) is 17.0. The van der Waals surface area contributed by atoms with Gasteiger partial charge in [-0.25, -0.2) is 19.9 Å². The highest BCUT2D eigenvalue weighted by Crippen LogP contribution is 2.33. The molecule has 9 nitrogen and oxygen atoms in total. The van der Waals surface area contributed by atoms with Crippen molar-refractivity contribution in [2.75, 3.05) is 12.4 Å². The van der Waals surface area contributed by atoms with Crippen molar-refractivity contribution in [1.82, 2.24) is 20.3 Å². The molecule has 2 aromatic carbocycles. The number of hydrogen-bond donors (Lipinski definition) is 2. The van der Waals surface area contributed by atoms with Crippen molar-refractivity contribution >= 4 is 17.3 Å². The Hall–Kier alpha value is -4.71. The third-order valence-corrected chi connectivity index (χ3v) is 4.50. The van der Waals surface area contributed by atoms with Crippen LogP contribution in [0.2, 0.25) is 0 Å². The zero-order valence-corrected chi connectivity index (χ0v) is 17.4. The minimum absolute atomic E-state index is 0.262. The zero-order valence-electron chi connectivity index (χ0n) is 17.4. The SMILES string of the molecule is COc1cc(N=C(NC#N)Nc2cccc(-c3ccnc(C)n3)c2)ccc1-c1cnco1. The molecule has 0 radical (unpaired) electrons. The van der Waals surface area contributed by atoms with E-state index in [1.54, 1.807) is 31.6 Å². The van der Waals surface area contributed by atoms with Crippen molar-refractivity contribution < 1.29 is 9.15 Å². The number of guanidine groups is 1. The molecular weight excluding hydrogens is 406 g/mol. The van der Waals surface area contributed by atoms with Crippen molar-refractivity contribution in [3.05, 3.63) is 73.1 Å². The van der Waals surface area contributed by atoms with Crippen LogP contribution in [0.1, 0.15) is 5.82 Å². The molecule has 0 bridgehead atoms. The molecule has 0 atom stereocenters. The first-order valence-corrected chi connectivity index (χ1v) is 9.64. The van der Waals surface area contributed by atoms with E-state index in [1.807, 2.05) is 49.5 Å². The largest absolute Gasteiger partial charge is 0.496 e. The summed E-state index contributed by atoms with van der Waals surface area (Å²) in [5.41, 5.74) is 3.79. The number of nitrogens with one attached hydrogen (secondary N) is 2. The molecule has 0 saturated carbocycles. The Balaban J connectivity index is 1.62. The van der Waals surface area contributed by atoms with Crippen LogP contribution in [0.25, 0.3) is 22.6 Å². The average molecular weight is 425 g/mol. The second-order valence-electron chi connectivity index (χ2n) is 6.64. The topological polar surface area (TPSA) is 121 Å². The molecule has 0 aliphatic carbocycles. The Morgan fingerprint density at radius 1 is 1.19 bits per heavy atom. The number of aryl methyl sites for hydroxylation is 1. The first-order chi connectivity index (χ1) is 15.7. The number of hydrogen-bond acceptors (Lipinski definition) is 7. The standard InChI is InChI=1S/C23H19N7O2/c1-15-26-9-8-20(28-15)16-4-3-5-17(10-16)29-23(27-13-24)30-18-6-7-19(21(11-18)31-2)22-12-25-14-32-22/h3-12,14H,1-2H3,(H2,27,29,30). The number of anilines is 1. The van der Waals surface area contributed by atoms with E-state index < -0.39 is 0 Å². The molecule has 2 aromatic heterocycles. The number of ether oxygens (including phenoxy) is 1. The molecule has 0 aliphatic heterocycles. The number of oxazole rings is 1. The van der Waals surface area contributed by atoms with Crippen LogP contribution in [0.3, 0.4) is 0 Å². The molecule has 4 aromatic rings. The highest BCUT2D eigenvalue weighted by Gasteiger charge is 2.11. The zero-order chi connectivity index (χ0) is 22.3. The molecule has 0 unspecified atom stereocenters. The van der Waals surface area contributed by atoms with Gasteiger partial charge in [0.15, 0.2) is 18.3 Å². The maximum absolute atomic E-state index is 9.18. The van der Waals surface area contributed by atoms with Gasteiger partial charge in [-0.2, -0.15) is 5.26 Å². The Kier molecular flexibility index (Phi) is 6.04. The monoisotopic (exact) mass is 425 g/mol. The summed E-state index contributed by atoms with van der Waals surface area (Å²) in [6.07, 6.45) is 6.59. The summed E-state index contributed by atoms with van der Waals surface area (Å²) in [7, 11) is 1.57. The lowest BCUT2D eigenvalue weighted by atomic mass is 10.1. The number of benzene rings is 2. The number of nitriles is 1. The highest BCUT2D eigenvalue weighted by atomic mass is 16.5. The van der Waals surface area contributed by atoms with E-state index in [1.165, 1.54) is 6.39 Å². The predicted octanol–water partition coefficient (Wildman–Crippen LogP) is 4.29. The molecule has 0 spiro atoms. The van der Waals surface area contributed by atoms with Crippen LogP contribution < -0.4 is 15.4 Å². The van der Waals surface area contributed by atoms with Crippen molar-refractivity contribution in [3.8, 4) is 34.5 Å². The smallest absolute Gasteiger partial charge is 0.214 e. The first-order valence-electron chi connectivity index (χ1n) is 9.64. The number of rotatable bonds is 5. The molecule has 2 heterocycles. The fourth-order valence-corrected chi connectivity index (χ4v) is 3.08. The lowest BCUT2D eigenvalue weighted by Gasteiger charge is -2.11. The van der Waals surface area contributed by atoms with Gasteiger partial charge in [-0.3, -0.25) is 5.32 Å². The van der Waals surface area contributed by atoms with Crippen LogP contribution in [-0.2, 0) is 0 Å². The van der Waals surface area contributed by atoms with Gasteiger partial charge in [0, 0.05) is 23.5 Å². The van der Waals surface area contributed by atoms with E-state index in [0.29, 0.717) is 23.0 Å². The van der Waals surface area contributed by atoms with Crippen molar-refractivity contribution in [3.63, 3.8) is 0 Å². The Labute approximate surface area is 184 Å². The van der Waals surface area contributed by atoms with Crippen LogP contribution >= 0.6 is 0 Å². The predicted molar refractivity (Wildman–Crippen MR) is 120 cm³/mol. The highest BCUT2D eigenvalue weighted by molar-refractivity contribution is 5.96. The fraction of sp³-hybridized carbons (Fsp3) is 0.0870. The van der Waals surface area contributed by atoms with Crippen LogP contribution in [-0.4, -0.2) is 28.0 Å². The number of methoxy groups -OCH3 is 1. The quantitative estimate of drug-likeness (QED) is 0.210. The molecule has 0 aliphatic rings. The van der Waals surface area contributed by atoms with Gasteiger partial charge in [0.1, 0.15) is 11.6 Å². The average Bonchev–Trinajstić information content (AvgIpc) is 3.34. The summed E-state index contributed by atoms with van der Waals surface area (Å²) >= 11 is 0. The summed E-state index contributed by atoms with van der Waals surface area (Å²) < 4.78 is 10.8. The number of aliphatic imine (C=N–C) groups is 1. The molecule has 0 amide bonds. The van der Waals surface area contributed by atoms with E-state index in [-0.39, 0.29) is 5.96 Å². The second-order valence-corrected chi connectivity index (χ2v) is 6.64. The van der Waals surface area contributed by atoms with Gasteiger partial charge in [-0.15, -0.1) is 0 Å². The van der Waals surface area contributed by atoms with Gasteiger partial charge in [-0.05, 0) is 37.3 Å². The third-order valence-electron chi connectivity index (χ3n) is 4.50. The van der Waals surface area contributed by atoms with Crippen LogP contribution in [0, 0.1) is 18.4 Å². The van der Waals surface area contributed by atoms with E-state index in [4.69, 9.17) is 9.15 Å². The molecule has 32 heavy (non-hydrogen) atoms. The van der Waals surface area contributed by atoms with Crippen molar-refractivity contribution in [1.29, 1.82) is 5.26 Å². The Morgan fingerprint density at radius 2 is 2.09 bits per heavy atom. The minimum Gasteiger partial charge on any atom is -0.496 e. The van der Waals surface area contributed by atoms with E-state index in [9.17, 15) is 5.26 Å². The molecule has 2 N–H and O–H groups in total. The van der Waals surface area contributed by atoms with E-state index >= 15 is 0 Å². The molecule has 158 valence electrons. The maximum Gasteiger partial charge on any atom is 0.214 e. The van der Waals surface area contributed by atoms with Gasteiger partial charge in [0.05, 0.1) is 30.3 Å². The van der Waals surface area contributed by atoms with Gasteiger partial charge < -0.3 is 14.5 Å². The lowest BCUT2D eigenvalue weighted by Crippen LogP contribution is -2.26. The van der Waals surface area contributed by atoms with Gasteiger partial charge >= 0.3 is 0 Å². The van der Waals surface area contributed by atoms with Gasteiger partial charge in [0.2, 0.25) is 5.96 Å². The van der Waals surface area contributed by atoms with Crippen LogP contribution in [0.15, 0.2) is 76.7 Å². The summed E-state index contributed by atoms with van der Waals surface area (Å²) in [6.45, 7) is 1.84. The Morgan fingerprint density at radius 3 is 2.84 bits per heavy atom. The molecule has 0 fully saturated rings. The second kappa shape index (κ2) is 9.40. The van der Waals surface area contributed by atoms with Crippen molar-refractivity contribution in [2.24, 2.45) is 4.99 Å². The number of aromatic nitrogens is 3. The van der Waals surface area contributed by atoms with Crippen LogP contribution in [0.4, 0.5) is 11.4 Å².